The molecule has 7 heteroatoms. The summed E-state index contributed by atoms with van der Waals surface area (Å²) in [6.07, 6.45) is 4.40. The van der Waals surface area contributed by atoms with Crippen molar-refractivity contribution in [2.75, 3.05) is 5.32 Å². The average Bonchev–Trinajstić information content (AvgIpc) is 3.18. The predicted octanol–water partition coefficient (Wildman–Crippen LogP) is 3.04. The summed E-state index contributed by atoms with van der Waals surface area (Å²) in [6.45, 7) is 0. The van der Waals surface area contributed by atoms with Crippen LogP contribution in [0.1, 0.15) is 5.76 Å². The number of nitrogens with one attached hydrogen (secondary N) is 1. The third-order valence-corrected chi connectivity index (χ3v) is 3.05. The first-order valence-corrected chi connectivity index (χ1v) is 6.64. The molecule has 0 radical (unpaired) electrons. The number of furan rings is 1. The Kier molecular flexibility index (Phi) is 3.42. The van der Waals surface area contributed by atoms with Crippen molar-refractivity contribution in [1.29, 1.82) is 0 Å². The molecule has 0 aliphatic rings. The van der Waals surface area contributed by atoms with Gasteiger partial charge in [-0.15, -0.1) is 5.10 Å². The molecule has 3 heterocycles. The number of hydrogen-bond donors (Lipinski definition) is 1. The first-order chi connectivity index (χ1) is 9.81. The molecule has 100 valence electrons. The lowest BCUT2D eigenvalue weighted by Gasteiger charge is -1.93. The van der Waals surface area contributed by atoms with E-state index in [2.05, 4.69) is 15.5 Å². The van der Waals surface area contributed by atoms with Gasteiger partial charge in [-0.2, -0.15) is 11.3 Å². The van der Waals surface area contributed by atoms with Gasteiger partial charge in [-0.25, -0.2) is 0 Å². The van der Waals surface area contributed by atoms with Gasteiger partial charge < -0.3 is 8.83 Å². The van der Waals surface area contributed by atoms with Crippen LogP contribution >= 0.6 is 11.3 Å². The van der Waals surface area contributed by atoms with E-state index in [1.165, 1.54) is 23.7 Å². The Balaban J connectivity index is 1.65. The van der Waals surface area contributed by atoms with Crippen LogP contribution in [0.2, 0.25) is 0 Å². The Morgan fingerprint density at radius 3 is 3.05 bits per heavy atom. The smallest absolute Gasteiger partial charge is 0.322 e. The van der Waals surface area contributed by atoms with Crippen molar-refractivity contribution in [3.05, 3.63) is 47.1 Å². The monoisotopic (exact) mass is 287 g/mol. The van der Waals surface area contributed by atoms with E-state index in [0.29, 0.717) is 11.7 Å². The minimum absolute atomic E-state index is 0.0558. The molecule has 0 atom stereocenters. The fourth-order valence-electron chi connectivity index (χ4n) is 1.47. The van der Waals surface area contributed by atoms with E-state index >= 15 is 0 Å². The highest BCUT2D eigenvalue weighted by molar-refractivity contribution is 7.08. The van der Waals surface area contributed by atoms with Crippen LogP contribution in [-0.2, 0) is 4.79 Å². The van der Waals surface area contributed by atoms with Gasteiger partial charge in [0.2, 0.25) is 0 Å². The molecule has 3 aromatic heterocycles. The maximum Gasteiger partial charge on any atom is 0.322 e. The van der Waals surface area contributed by atoms with Gasteiger partial charge in [0.1, 0.15) is 5.76 Å². The summed E-state index contributed by atoms with van der Waals surface area (Å²) in [4.78, 5) is 11.6. The van der Waals surface area contributed by atoms with Crippen LogP contribution < -0.4 is 5.32 Å². The molecule has 0 saturated heterocycles. The number of thiophene rings is 1. The normalized spacial score (nSPS) is 11.0. The van der Waals surface area contributed by atoms with Gasteiger partial charge >= 0.3 is 6.01 Å². The molecule has 1 amide bonds. The number of amides is 1. The zero-order valence-corrected chi connectivity index (χ0v) is 11.0. The van der Waals surface area contributed by atoms with E-state index < -0.39 is 0 Å². The van der Waals surface area contributed by atoms with Gasteiger partial charge in [-0.3, -0.25) is 10.1 Å². The van der Waals surface area contributed by atoms with Crippen molar-refractivity contribution in [3.8, 4) is 11.5 Å². The van der Waals surface area contributed by atoms with Crippen LogP contribution in [0.3, 0.4) is 0 Å². The second-order valence-electron chi connectivity index (χ2n) is 3.76. The largest absolute Gasteiger partial charge is 0.465 e. The van der Waals surface area contributed by atoms with E-state index in [0.717, 1.165) is 5.56 Å². The summed E-state index contributed by atoms with van der Waals surface area (Å²) in [7, 11) is 0. The van der Waals surface area contributed by atoms with Crippen LogP contribution in [0.25, 0.3) is 17.5 Å². The predicted molar refractivity (Wildman–Crippen MR) is 74.0 cm³/mol. The highest BCUT2D eigenvalue weighted by atomic mass is 32.1. The molecular weight excluding hydrogens is 278 g/mol. The summed E-state index contributed by atoms with van der Waals surface area (Å²) in [5, 5.41) is 13.9. The quantitative estimate of drug-likeness (QED) is 0.746. The Morgan fingerprint density at radius 2 is 2.30 bits per heavy atom. The summed E-state index contributed by atoms with van der Waals surface area (Å²) in [6, 6.07) is 5.40. The van der Waals surface area contributed by atoms with E-state index in [1.54, 1.807) is 18.2 Å². The maximum absolute atomic E-state index is 11.6. The second kappa shape index (κ2) is 5.54. The van der Waals surface area contributed by atoms with Crippen LogP contribution in [0.5, 0.6) is 0 Å². The van der Waals surface area contributed by atoms with Gasteiger partial charge in [0.15, 0.2) is 0 Å². The molecule has 0 aromatic carbocycles. The lowest BCUT2D eigenvalue weighted by atomic mass is 10.3. The molecule has 3 rings (SSSR count). The molecule has 0 aliphatic heterocycles. The SMILES string of the molecule is O=C(/C=C/c1ccco1)Nc1nnc(-c2ccsc2)o1. The van der Waals surface area contributed by atoms with E-state index in [-0.39, 0.29) is 11.9 Å². The molecule has 6 nitrogen and oxygen atoms in total. The van der Waals surface area contributed by atoms with Gasteiger partial charge in [0.25, 0.3) is 11.8 Å². The zero-order valence-electron chi connectivity index (χ0n) is 10.1. The zero-order chi connectivity index (χ0) is 13.8. The third-order valence-electron chi connectivity index (χ3n) is 2.37. The number of aromatic nitrogens is 2. The van der Waals surface area contributed by atoms with Crippen molar-refractivity contribution in [3.63, 3.8) is 0 Å². The maximum atomic E-state index is 11.6. The number of carbonyl (C=O) groups excluding carboxylic acids is 1. The van der Waals surface area contributed by atoms with Crippen molar-refractivity contribution < 1.29 is 13.6 Å². The fraction of sp³-hybridized carbons (Fsp3) is 0. The molecule has 0 unspecified atom stereocenters. The van der Waals surface area contributed by atoms with Crippen LogP contribution in [0.4, 0.5) is 6.01 Å². The van der Waals surface area contributed by atoms with Crippen LogP contribution in [-0.4, -0.2) is 16.1 Å². The second-order valence-corrected chi connectivity index (χ2v) is 4.54. The van der Waals surface area contributed by atoms with Gasteiger partial charge in [-0.1, -0.05) is 5.10 Å². The third kappa shape index (κ3) is 2.83. The Morgan fingerprint density at radius 1 is 1.35 bits per heavy atom. The van der Waals surface area contributed by atoms with Gasteiger partial charge in [0.05, 0.1) is 6.26 Å². The van der Waals surface area contributed by atoms with Crippen LogP contribution in [0.15, 0.2) is 50.1 Å². The Bertz CT molecular complexity index is 714. The molecule has 0 aliphatic carbocycles. The molecule has 0 spiro atoms. The number of carbonyl (C=O) groups is 1. The van der Waals surface area contributed by atoms with Crippen molar-refractivity contribution in [2.24, 2.45) is 0 Å². The lowest BCUT2D eigenvalue weighted by molar-refractivity contribution is -0.112. The lowest BCUT2D eigenvalue weighted by Crippen LogP contribution is -2.07. The van der Waals surface area contributed by atoms with E-state index in [4.69, 9.17) is 8.83 Å². The Labute approximate surface area is 117 Å². The standard InChI is InChI=1S/C13H9N3O3S/c17-11(4-3-10-2-1-6-18-10)14-13-16-15-12(19-13)9-5-7-20-8-9/h1-8H,(H,14,16,17)/b4-3+. The van der Waals surface area contributed by atoms with Crippen molar-refractivity contribution >= 4 is 29.3 Å². The average molecular weight is 287 g/mol. The Hall–Kier alpha value is -2.67. The number of hydrogen-bond acceptors (Lipinski definition) is 6. The first kappa shape index (κ1) is 12.4. The number of anilines is 1. The van der Waals surface area contributed by atoms with Crippen molar-refractivity contribution in [2.45, 2.75) is 0 Å². The van der Waals surface area contributed by atoms with E-state index in [1.807, 2.05) is 16.8 Å². The van der Waals surface area contributed by atoms with Gasteiger partial charge in [0, 0.05) is 17.0 Å². The molecule has 0 fully saturated rings. The molecule has 3 aromatic rings. The minimum atomic E-state index is -0.373. The topological polar surface area (TPSA) is 81.2 Å². The van der Waals surface area contributed by atoms with Crippen molar-refractivity contribution in [1.82, 2.24) is 10.2 Å². The number of nitrogens with zero attached hydrogens (tertiary/aromatic N) is 2. The summed E-state index contributed by atoms with van der Waals surface area (Å²) < 4.78 is 10.4. The number of rotatable bonds is 4. The molecule has 0 bridgehead atoms. The summed E-state index contributed by atoms with van der Waals surface area (Å²) in [5.41, 5.74) is 0.828. The summed E-state index contributed by atoms with van der Waals surface area (Å²) in [5.74, 6) is 0.586. The highest BCUT2D eigenvalue weighted by Crippen LogP contribution is 2.21. The molecular formula is C13H9N3O3S. The molecule has 1 N–H and O–H groups in total. The first-order valence-electron chi connectivity index (χ1n) is 5.70. The van der Waals surface area contributed by atoms with Crippen LogP contribution in [0, 0.1) is 0 Å². The van der Waals surface area contributed by atoms with E-state index in [9.17, 15) is 4.79 Å². The molecule has 20 heavy (non-hydrogen) atoms. The molecule has 0 saturated carbocycles. The summed E-state index contributed by atoms with van der Waals surface area (Å²) >= 11 is 1.53. The highest BCUT2D eigenvalue weighted by Gasteiger charge is 2.10. The minimum Gasteiger partial charge on any atom is -0.465 e. The fourth-order valence-corrected chi connectivity index (χ4v) is 2.10. The van der Waals surface area contributed by atoms with Gasteiger partial charge in [-0.05, 0) is 29.7 Å².